The molecule has 0 bridgehead atoms. The Balaban J connectivity index is 5.34. The highest BCUT2D eigenvalue weighted by atomic mass is 16.4. The maximum atomic E-state index is 13.0. The summed E-state index contributed by atoms with van der Waals surface area (Å²) in [7, 11) is 0. The molecule has 192 valence electrons. The van der Waals surface area contributed by atoms with Crippen LogP contribution in [0.5, 0.6) is 0 Å². The van der Waals surface area contributed by atoms with E-state index in [0.29, 0.717) is 45.2 Å². The molecular formula is C22H44N6O5. The van der Waals surface area contributed by atoms with Gasteiger partial charge in [0.2, 0.25) is 17.7 Å². The van der Waals surface area contributed by atoms with Crippen LogP contribution in [0.1, 0.15) is 66.2 Å². The van der Waals surface area contributed by atoms with Crippen LogP contribution < -0.4 is 33.2 Å². The van der Waals surface area contributed by atoms with Crippen molar-refractivity contribution >= 4 is 23.7 Å². The summed E-state index contributed by atoms with van der Waals surface area (Å²) < 4.78 is 0. The molecule has 0 saturated carbocycles. The van der Waals surface area contributed by atoms with E-state index in [-0.39, 0.29) is 11.8 Å². The number of nitrogens with two attached hydrogens (primary N) is 3. The molecule has 4 unspecified atom stereocenters. The normalized spacial score (nSPS) is 14.9. The number of hydrogen-bond acceptors (Lipinski definition) is 7. The second kappa shape index (κ2) is 16.4. The summed E-state index contributed by atoms with van der Waals surface area (Å²) in [5, 5.41) is 17.2. The van der Waals surface area contributed by atoms with Crippen LogP contribution >= 0.6 is 0 Å². The smallest absolute Gasteiger partial charge is 0.326 e. The first-order valence-electron chi connectivity index (χ1n) is 11.8. The Morgan fingerprint density at radius 1 is 0.697 bits per heavy atom. The van der Waals surface area contributed by atoms with E-state index in [9.17, 15) is 24.3 Å². The summed E-state index contributed by atoms with van der Waals surface area (Å²) in [6, 6.07) is -3.71. The van der Waals surface area contributed by atoms with E-state index in [1.165, 1.54) is 0 Å². The van der Waals surface area contributed by atoms with Crippen LogP contribution in [-0.2, 0) is 19.2 Å². The molecule has 0 spiro atoms. The second-order valence-corrected chi connectivity index (χ2v) is 9.04. The first-order chi connectivity index (χ1) is 15.5. The summed E-state index contributed by atoms with van der Waals surface area (Å²) >= 11 is 0. The SMILES string of the molecule is CC(C)C(NC(=O)C(NC(=O)C(CCCCN)NC(=O)C(N)CCCCN)C(C)C)C(=O)O. The molecule has 0 fully saturated rings. The largest absolute Gasteiger partial charge is 0.480 e. The molecule has 0 saturated heterocycles. The number of nitrogens with one attached hydrogen (secondary N) is 3. The fourth-order valence-electron chi connectivity index (χ4n) is 3.23. The molecule has 3 amide bonds. The van der Waals surface area contributed by atoms with Gasteiger partial charge in [0.1, 0.15) is 18.1 Å². The molecular weight excluding hydrogens is 428 g/mol. The molecule has 0 aromatic carbocycles. The van der Waals surface area contributed by atoms with Crippen LogP contribution in [0, 0.1) is 11.8 Å². The molecule has 11 heteroatoms. The summed E-state index contributed by atoms with van der Waals surface area (Å²) in [4.78, 5) is 49.8. The van der Waals surface area contributed by atoms with Gasteiger partial charge in [0, 0.05) is 0 Å². The molecule has 10 N–H and O–H groups in total. The number of carboxylic acids is 1. The van der Waals surface area contributed by atoms with Crippen LogP contribution in [0.4, 0.5) is 0 Å². The van der Waals surface area contributed by atoms with Crippen LogP contribution in [0.15, 0.2) is 0 Å². The van der Waals surface area contributed by atoms with Crippen molar-refractivity contribution in [2.24, 2.45) is 29.0 Å². The minimum absolute atomic E-state index is 0.311. The minimum Gasteiger partial charge on any atom is -0.480 e. The molecule has 0 heterocycles. The van der Waals surface area contributed by atoms with Crippen molar-refractivity contribution in [2.75, 3.05) is 13.1 Å². The van der Waals surface area contributed by atoms with E-state index >= 15 is 0 Å². The van der Waals surface area contributed by atoms with E-state index in [1.54, 1.807) is 27.7 Å². The van der Waals surface area contributed by atoms with Gasteiger partial charge in [0.25, 0.3) is 0 Å². The van der Waals surface area contributed by atoms with Crippen LogP contribution in [0.25, 0.3) is 0 Å². The van der Waals surface area contributed by atoms with Gasteiger partial charge in [-0.15, -0.1) is 0 Å². The zero-order valence-electron chi connectivity index (χ0n) is 20.4. The standard InChI is InChI=1S/C22H44N6O5/c1-13(2)17(21(31)28-18(14(3)4)22(32)33)27-20(30)16(10-6-8-12-24)26-19(29)15(25)9-5-7-11-23/h13-18H,5-12,23-25H2,1-4H3,(H,26,29)(H,27,30)(H,28,31)(H,32,33). The number of carbonyl (C=O) groups is 4. The molecule has 0 aromatic heterocycles. The molecule has 33 heavy (non-hydrogen) atoms. The van der Waals surface area contributed by atoms with E-state index in [2.05, 4.69) is 16.0 Å². The fourth-order valence-corrected chi connectivity index (χ4v) is 3.23. The van der Waals surface area contributed by atoms with Gasteiger partial charge in [-0.05, 0) is 57.0 Å². The Bertz CT molecular complexity index is 628. The summed E-state index contributed by atoms with van der Waals surface area (Å²) in [6.07, 6.45) is 3.50. The van der Waals surface area contributed by atoms with E-state index in [4.69, 9.17) is 17.2 Å². The number of aliphatic carboxylic acids is 1. The zero-order chi connectivity index (χ0) is 25.6. The zero-order valence-corrected chi connectivity index (χ0v) is 20.4. The number of carbonyl (C=O) groups excluding carboxylic acids is 3. The summed E-state index contributed by atoms with van der Waals surface area (Å²) in [5.41, 5.74) is 17.0. The van der Waals surface area contributed by atoms with Crippen molar-refractivity contribution < 1.29 is 24.3 Å². The van der Waals surface area contributed by atoms with E-state index in [0.717, 1.165) is 6.42 Å². The average molecular weight is 473 g/mol. The highest BCUT2D eigenvalue weighted by molar-refractivity contribution is 5.94. The van der Waals surface area contributed by atoms with Crippen LogP contribution in [-0.4, -0.2) is 66.1 Å². The highest BCUT2D eigenvalue weighted by Gasteiger charge is 2.32. The van der Waals surface area contributed by atoms with Crippen molar-refractivity contribution in [1.29, 1.82) is 0 Å². The molecule has 0 aliphatic rings. The van der Waals surface area contributed by atoms with E-state index in [1.807, 2.05) is 0 Å². The molecule has 0 rings (SSSR count). The van der Waals surface area contributed by atoms with Gasteiger partial charge < -0.3 is 38.3 Å². The number of rotatable bonds is 17. The third kappa shape index (κ3) is 12.0. The maximum Gasteiger partial charge on any atom is 0.326 e. The van der Waals surface area contributed by atoms with E-state index < -0.39 is 47.9 Å². The number of hydrogen-bond donors (Lipinski definition) is 7. The van der Waals surface area contributed by atoms with Gasteiger partial charge in [-0.3, -0.25) is 14.4 Å². The Kier molecular flexibility index (Phi) is 15.3. The van der Waals surface area contributed by atoms with Gasteiger partial charge >= 0.3 is 5.97 Å². The number of carboxylic acid groups (broad SMARTS) is 1. The van der Waals surface area contributed by atoms with Gasteiger partial charge in [-0.2, -0.15) is 0 Å². The van der Waals surface area contributed by atoms with Crippen LogP contribution in [0.3, 0.4) is 0 Å². The monoisotopic (exact) mass is 472 g/mol. The molecule has 4 atom stereocenters. The third-order valence-electron chi connectivity index (χ3n) is 5.36. The molecule has 0 aromatic rings. The Morgan fingerprint density at radius 3 is 1.64 bits per heavy atom. The Morgan fingerprint density at radius 2 is 1.18 bits per heavy atom. The highest BCUT2D eigenvalue weighted by Crippen LogP contribution is 2.09. The number of amides is 3. The first kappa shape index (κ1) is 30.8. The lowest BCUT2D eigenvalue weighted by molar-refractivity contribution is -0.143. The predicted octanol–water partition coefficient (Wildman–Crippen LogP) is -0.577. The summed E-state index contributed by atoms with van der Waals surface area (Å²) in [5.74, 6) is -3.36. The third-order valence-corrected chi connectivity index (χ3v) is 5.36. The molecule has 0 aliphatic heterocycles. The maximum absolute atomic E-state index is 13.0. The molecule has 0 aliphatic carbocycles. The Labute approximate surface area is 197 Å². The van der Waals surface area contributed by atoms with Gasteiger partial charge in [-0.25, -0.2) is 4.79 Å². The predicted molar refractivity (Wildman–Crippen MR) is 127 cm³/mol. The lowest BCUT2D eigenvalue weighted by Crippen LogP contribution is -2.59. The quantitative estimate of drug-likeness (QED) is 0.136. The van der Waals surface area contributed by atoms with Crippen molar-refractivity contribution in [2.45, 2.75) is 90.4 Å². The minimum atomic E-state index is -1.15. The van der Waals surface area contributed by atoms with Crippen LogP contribution in [0.2, 0.25) is 0 Å². The van der Waals surface area contributed by atoms with Crippen molar-refractivity contribution in [3.63, 3.8) is 0 Å². The Hall–Kier alpha value is -2.24. The topological polar surface area (TPSA) is 203 Å². The summed E-state index contributed by atoms with van der Waals surface area (Å²) in [6.45, 7) is 7.81. The fraction of sp³-hybridized carbons (Fsp3) is 0.818. The average Bonchev–Trinajstić information content (AvgIpc) is 2.73. The van der Waals surface area contributed by atoms with Crippen molar-refractivity contribution in [3.05, 3.63) is 0 Å². The second-order valence-electron chi connectivity index (χ2n) is 9.04. The lowest BCUT2D eigenvalue weighted by Gasteiger charge is -2.28. The molecule has 0 radical (unpaired) electrons. The number of unbranched alkanes of at least 4 members (excludes halogenated alkanes) is 2. The first-order valence-corrected chi connectivity index (χ1v) is 11.8. The van der Waals surface area contributed by atoms with Gasteiger partial charge in [0.15, 0.2) is 0 Å². The van der Waals surface area contributed by atoms with Gasteiger partial charge in [-0.1, -0.05) is 34.1 Å². The van der Waals surface area contributed by atoms with Crippen molar-refractivity contribution in [3.8, 4) is 0 Å². The van der Waals surface area contributed by atoms with Crippen molar-refractivity contribution in [1.82, 2.24) is 16.0 Å². The lowest BCUT2D eigenvalue weighted by atomic mass is 9.99. The van der Waals surface area contributed by atoms with Gasteiger partial charge in [0.05, 0.1) is 6.04 Å². The molecule has 11 nitrogen and oxygen atoms in total.